The number of rotatable bonds is 5. The van der Waals surface area contributed by atoms with E-state index in [1.807, 2.05) is 22.9 Å². The minimum atomic E-state index is 0.599. The first kappa shape index (κ1) is 15.6. The summed E-state index contributed by atoms with van der Waals surface area (Å²) in [6, 6.07) is 10.8. The van der Waals surface area contributed by atoms with Gasteiger partial charge in [-0.15, -0.1) is 0 Å². The highest BCUT2D eigenvalue weighted by Crippen LogP contribution is 2.20. The molecule has 0 amide bonds. The number of aromatic nitrogens is 2. The quantitative estimate of drug-likeness (QED) is 0.659. The zero-order valence-corrected chi connectivity index (χ0v) is 14.1. The van der Waals surface area contributed by atoms with Crippen LogP contribution < -0.4 is 10.6 Å². The third-order valence-corrected chi connectivity index (χ3v) is 4.10. The van der Waals surface area contributed by atoms with Gasteiger partial charge < -0.3 is 10.6 Å². The van der Waals surface area contributed by atoms with E-state index in [-0.39, 0.29) is 0 Å². The molecular formula is C18H25N5. The van der Waals surface area contributed by atoms with Gasteiger partial charge in [-0.3, -0.25) is 0 Å². The lowest BCUT2D eigenvalue weighted by Gasteiger charge is -2.10. The molecule has 2 N–H and O–H groups in total. The molecule has 122 valence electrons. The standard InChI is InChI=1S/C18H25N5/c1-4-19-18(21-15-10-11-15)20-12-17-13(2)22-23(14(17)3)16-8-6-5-7-9-16/h5-9,15H,4,10-12H2,1-3H3,(H2,19,20,21). The molecule has 1 heterocycles. The predicted molar refractivity (Wildman–Crippen MR) is 94.0 cm³/mol. The number of benzene rings is 1. The van der Waals surface area contributed by atoms with Gasteiger partial charge >= 0.3 is 0 Å². The van der Waals surface area contributed by atoms with E-state index in [4.69, 9.17) is 4.99 Å². The highest BCUT2D eigenvalue weighted by molar-refractivity contribution is 5.80. The van der Waals surface area contributed by atoms with Crippen molar-refractivity contribution in [2.45, 2.75) is 46.2 Å². The smallest absolute Gasteiger partial charge is 0.191 e. The van der Waals surface area contributed by atoms with Crippen LogP contribution in [0.25, 0.3) is 5.69 Å². The molecule has 5 heteroatoms. The predicted octanol–water partition coefficient (Wildman–Crippen LogP) is 2.71. The van der Waals surface area contributed by atoms with Gasteiger partial charge in [0, 0.05) is 23.8 Å². The summed E-state index contributed by atoms with van der Waals surface area (Å²) in [4.78, 5) is 4.73. The maximum atomic E-state index is 4.73. The summed E-state index contributed by atoms with van der Waals surface area (Å²) in [5.41, 5.74) is 4.48. The average Bonchev–Trinajstić information content (AvgIpc) is 3.32. The van der Waals surface area contributed by atoms with Crippen molar-refractivity contribution in [3.63, 3.8) is 0 Å². The molecule has 0 saturated heterocycles. The molecule has 1 aliphatic carbocycles. The number of aryl methyl sites for hydroxylation is 1. The second-order valence-electron chi connectivity index (χ2n) is 6.01. The minimum absolute atomic E-state index is 0.599. The van der Waals surface area contributed by atoms with Crippen molar-refractivity contribution in [2.75, 3.05) is 6.54 Å². The zero-order valence-electron chi connectivity index (χ0n) is 14.1. The van der Waals surface area contributed by atoms with Crippen molar-refractivity contribution in [3.05, 3.63) is 47.3 Å². The van der Waals surface area contributed by atoms with Gasteiger partial charge in [-0.05, 0) is 45.7 Å². The number of nitrogens with zero attached hydrogens (tertiary/aromatic N) is 3. The Kier molecular flexibility index (Phi) is 4.65. The van der Waals surface area contributed by atoms with Gasteiger partial charge in [0.05, 0.1) is 17.9 Å². The van der Waals surface area contributed by atoms with E-state index in [9.17, 15) is 0 Å². The van der Waals surface area contributed by atoms with Gasteiger partial charge in [0.2, 0.25) is 0 Å². The number of hydrogen-bond donors (Lipinski definition) is 2. The first-order valence-corrected chi connectivity index (χ1v) is 8.34. The largest absolute Gasteiger partial charge is 0.357 e. The lowest BCUT2D eigenvalue weighted by atomic mass is 10.2. The summed E-state index contributed by atoms with van der Waals surface area (Å²) in [5.74, 6) is 0.904. The Balaban J connectivity index is 1.81. The number of aliphatic imine (C=N–C) groups is 1. The summed E-state index contributed by atoms with van der Waals surface area (Å²) >= 11 is 0. The molecule has 0 bridgehead atoms. The summed E-state index contributed by atoms with van der Waals surface area (Å²) < 4.78 is 2.00. The highest BCUT2D eigenvalue weighted by atomic mass is 15.3. The van der Waals surface area contributed by atoms with Crippen LogP contribution in [0.5, 0.6) is 0 Å². The van der Waals surface area contributed by atoms with Crippen LogP contribution >= 0.6 is 0 Å². The summed E-state index contributed by atoms with van der Waals surface area (Å²) in [5, 5.41) is 11.4. The fourth-order valence-electron chi connectivity index (χ4n) is 2.62. The normalized spacial score (nSPS) is 14.8. The van der Waals surface area contributed by atoms with Crippen LogP contribution in [-0.4, -0.2) is 28.3 Å². The molecule has 0 aliphatic heterocycles. The molecule has 2 aromatic rings. The molecule has 1 fully saturated rings. The van der Waals surface area contributed by atoms with Crippen LogP contribution in [0.1, 0.15) is 36.7 Å². The number of hydrogen-bond acceptors (Lipinski definition) is 2. The van der Waals surface area contributed by atoms with Crippen LogP contribution in [0.4, 0.5) is 0 Å². The van der Waals surface area contributed by atoms with Crippen LogP contribution in [0.2, 0.25) is 0 Å². The Morgan fingerprint density at radius 3 is 2.65 bits per heavy atom. The van der Waals surface area contributed by atoms with Crippen molar-refractivity contribution in [1.82, 2.24) is 20.4 Å². The van der Waals surface area contributed by atoms with Crippen molar-refractivity contribution in [3.8, 4) is 5.69 Å². The van der Waals surface area contributed by atoms with E-state index in [0.717, 1.165) is 29.6 Å². The lowest BCUT2D eigenvalue weighted by molar-refractivity contribution is 0.809. The lowest BCUT2D eigenvalue weighted by Crippen LogP contribution is -2.38. The molecule has 0 unspecified atom stereocenters. The fraction of sp³-hybridized carbons (Fsp3) is 0.444. The third kappa shape index (κ3) is 3.73. The molecule has 0 spiro atoms. The molecule has 1 aromatic heterocycles. The minimum Gasteiger partial charge on any atom is -0.357 e. The first-order chi connectivity index (χ1) is 11.2. The Morgan fingerprint density at radius 1 is 1.26 bits per heavy atom. The van der Waals surface area contributed by atoms with Crippen molar-refractivity contribution < 1.29 is 0 Å². The number of para-hydroxylation sites is 1. The van der Waals surface area contributed by atoms with Gasteiger partial charge in [0.1, 0.15) is 0 Å². The summed E-state index contributed by atoms with van der Waals surface area (Å²) in [6.07, 6.45) is 2.49. The third-order valence-electron chi connectivity index (χ3n) is 4.10. The Morgan fingerprint density at radius 2 is 2.00 bits per heavy atom. The van der Waals surface area contributed by atoms with Crippen molar-refractivity contribution >= 4 is 5.96 Å². The average molecular weight is 311 g/mol. The second-order valence-corrected chi connectivity index (χ2v) is 6.01. The molecule has 1 aliphatic rings. The molecule has 1 saturated carbocycles. The number of nitrogens with one attached hydrogen (secondary N) is 2. The molecule has 23 heavy (non-hydrogen) atoms. The van der Waals surface area contributed by atoms with Gasteiger partial charge in [-0.1, -0.05) is 18.2 Å². The SMILES string of the molecule is CCNC(=NCc1c(C)nn(-c2ccccc2)c1C)NC1CC1. The highest BCUT2D eigenvalue weighted by Gasteiger charge is 2.22. The Bertz CT molecular complexity index is 683. The molecule has 3 rings (SSSR count). The van der Waals surface area contributed by atoms with Gasteiger partial charge in [-0.2, -0.15) is 5.10 Å². The molecule has 1 aromatic carbocycles. The first-order valence-electron chi connectivity index (χ1n) is 8.34. The van der Waals surface area contributed by atoms with Gasteiger partial charge in [0.15, 0.2) is 5.96 Å². The Hall–Kier alpha value is -2.30. The molecule has 5 nitrogen and oxygen atoms in total. The fourth-order valence-corrected chi connectivity index (χ4v) is 2.62. The number of guanidine groups is 1. The van der Waals surface area contributed by atoms with Crippen molar-refractivity contribution in [2.24, 2.45) is 4.99 Å². The monoisotopic (exact) mass is 311 g/mol. The Labute approximate surface area is 137 Å². The van der Waals surface area contributed by atoms with Crippen LogP contribution in [0.15, 0.2) is 35.3 Å². The summed E-state index contributed by atoms with van der Waals surface area (Å²) in [6.45, 7) is 7.78. The van der Waals surface area contributed by atoms with E-state index in [1.165, 1.54) is 18.4 Å². The van der Waals surface area contributed by atoms with E-state index in [2.05, 4.69) is 48.6 Å². The maximum absolute atomic E-state index is 4.73. The van der Waals surface area contributed by atoms with E-state index in [0.29, 0.717) is 12.6 Å². The topological polar surface area (TPSA) is 54.2 Å². The molecule has 0 radical (unpaired) electrons. The van der Waals surface area contributed by atoms with E-state index in [1.54, 1.807) is 0 Å². The van der Waals surface area contributed by atoms with Crippen LogP contribution in [0, 0.1) is 13.8 Å². The summed E-state index contributed by atoms with van der Waals surface area (Å²) in [7, 11) is 0. The van der Waals surface area contributed by atoms with Crippen LogP contribution in [0.3, 0.4) is 0 Å². The van der Waals surface area contributed by atoms with Gasteiger partial charge in [-0.25, -0.2) is 9.67 Å². The van der Waals surface area contributed by atoms with E-state index >= 15 is 0 Å². The van der Waals surface area contributed by atoms with Crippen LogP contribution in [-0.2, 0) is 6.54 Å². The second kappa shape index (κ2) is 6.86. The zero-order chi connectivity index (χ0) is 16.2. The molecular weight excluding hydrogens is 286 g/mol. The van der Waals surface area contributed by atoms with Crippen molar-refractivity contribution in [1.29, 1.82) is 0 Å². The van der Waals surface area contributed by atoms with E-state index < -0.39 is 0 Å². The van der Waals surface area contributed by atoms with Gasteiger partial charge in [0.25, 0.3) is 0 Å². The molecule has 0 atom stereocenters. The maximum Gasteiger partial charge on any atom is 0.191 e.